The van der Waals surface area contributed by atoms with Gasteiger partial charge in [0.2, 0.25) is 0 Å². The molecule has 1 unspecified atom stereocenters. The Labute approximate surface area is 118 Å². The van der Waals surface area contributed by atoms with E-state index in [1.807, 2.05) is 6.92 Å². The van der Waals surface area contributed by atoms with Gasteiger partial charge in [0.15, 0.2) is 0 Å². The van der Waals surface area contributed by atoms with Crippen molar-refractivity contribution in [3.63, 3.8) is 0 Å². The normalized spacial score (nSPS) is 22.2. The first-order chi connectivity index (χ1) is 8.43. The van der Waals surface area contributed by atoms with Crippen molar-refractivity contribution in [3.05, 3.63) is 27.7 Å². The lowest BCUT2D eigenvalue weighted by molar-refractivity contribution is 0.293. The molecule has 0 spiro atoms. The third kappa shape index (κ3) is 2.89. The van der Waals surface area contributed by atoms with Gasteiger partial charge >= 0.3 is 0 Å². The quantitative estimate of drug-likeness (QED) is 0.830. The summed E-state index contributed by atoms with van der Waals surface area (Å²) in [7, 11) is 0. The molecule has 1 aromatic rings. The van der Waals surface area contributed by atoms with Crippen LogP contribution in [-0.4, -0.2) is 6.61 Å². The lowest BCUT2D eigenvalue weighted by atomic mass is 9.83. The molecule has 100 valence electrons. The molecule has 0 aliphatic heterocycles. The van der Waals surface area contributed by atoms with Gasteiger partial charge in [0.1, 0.15) is 5.75 Å². The van der Waals surface area contributed by atoms with Crippen LogP contribution in [0, 0.1) is 5.41 Å². The van der Waals surface area contributed by atoms with Crippen molar-refractivity contribution in [2.24, 2.45) is 11.1 Å². The van der Waals surface area contributed by atoms with Gasteiger partial charge in [0.05, 0.1) is 6.61 Å². The van der Waals surface area contributed by atoms with Gasteiger partial charge in [-0.1, -0.05) is 29.8 Å². The molecule has 0 saturated heterocycles. The summed E-state index contributed by atoms with van der Waals surface area (Å²) < 4.78 is 6.74. The SMILES string of the molecule is CCOc1cc(Br)c2c(c1)C(N)CC(C)(C)CC2. The summed E-state index contributed by atoms with van der Waals surface area (Å²) >= 11 is 3.67. The molecule has 18 heavy (non-hydrogen) atoms. The number of benzene rings is 1. The second-order valence-corrected chi connectivity index (χ2v) is 6.74. The van der Waals surface area contributed by atoms with Crippen molar-refractivity contribution in [1.82, 2.24) is 0 Å². The zero-order valence-corrected chi connectivity index (χ0v) is 13.0. The molecule has 3 heteroatoms. The van der Waals surface area contributed by atoms with E-state index in [9.17, 15) is 0 Å². The summed E-state index contributed by atoms with van der Waals surface area (Å²) in [5.41, 5.74) is 9.30. The van der Waals surface area contributed by atoms with Crippen LogP contribution >= 0.6 is 15.9 Å². The highest BCUT2D eigenvalue weighted by molar-refractivity contribution is 9.10. The summed E-state index contributed by atoms with van der Waals surface area (Å²) in [6.07, 6.45) is 3.30. The number of hydrogen-bond acceptors (Lipinski definition) is 2. The van der Waals surface area contributed by atoms with Crippen LogP contribution in [0.15, 0.2) is 16.6 Å². The minimum Gasteiger partial charge on any atom is -0.494 e. The molecule has 1 aliphatic rings. The zero-order chi connectivity index (χ0) is 13.3. The predicted octanol–water partition coefficient (Wildman–Crippen LogP) is 4.21. The molecule has 2 nitrogen and oxygen atoms in total. The number of hydrogen-bond donors (Lipinski definition) is 1. The van der Waals surface area contributed by atoms with Crippen LogP contribution in [0.25, 0.3) is 0 Å². The molecule has 0 radical (unpaired) electrons. The summed E-state index contributed by atoms with van der Waals surface area (Å²) in [6, 6.07) is 4.29. The lowest BCUT2D eigenvalue weighted by Gasteiger charge is -2.24. The molecular formula is C15H22BrNO. The van der Waals surface area contributed by atoms with E-state index >= 15 is 0 Å². The van der Waals surface area contributed by atoms with Crippen molar-refractivity contribution in [2.75, 3.05) is 6.61 Å². The Kier molecular flexibility index (Phi) is 4.02. The highest BCUT2D eigenvalue weighted by Crippen LogP contribution is 2.41. The molecule has 2 N–H and O–H groups in total. The molecule has 0 bridgehead atoms. The molecule has 0 amide bonds. The molecule has 1 atom stereocenters. The molecule has 0 aromatic heterocycles. The van der Waals surface area contributed by atoms with Gasteiger partial charge in [-0.25, -0.2) is 0 Å². The fourth-order valence-electron chi connectivity index (χ4n) is 2.75. The third-order valence-electron chi connectivity index (χ3n) is 3.74. The topological polar surface area (TPSA) is 35.2 Å². The second-order valence-electron chi connectivity index (χ2n) is 5.88. The van der Waals surface area contributed by atoms with E-state index in [1.54, 1.807) is 0 Å². The van der Waals surface area contributed by atoms with E-state index in [-0.39, 0.29) is 6.04 Å². The number of rotatable bonds is 2. The maximum Gasteiger partial charge on any atom is 0.120 e. The zero-order valence-electron chi connectivity index (χ0n) is 11.4. The molecular weight excluding hydrogens is 290 g/mol. The average Bonchev–Trinajstić information content (AvgIpc) is 2.37. The van der Waals surface area contributed by atoms with Gasteiger partial charge < -0.3 is 10.5 Å². The lowest BCUT2D eigenvalue weighted by Crippen LogP contribution is -2.19. The maximum atomic E-state index is 6.38. The number of nitrogens with two attached hydrogens (primary N) is 1. The van der Waals surface area contributed by atoms with Gasteiger partial charge in [-0.3, -0.25) is 0 Å². The second kappa shape index (κ2) is 5.22. The first-order valence-corrected chi connectivity index (χ1v) is 7.43. The van der Waals surface area contributed by atoms with E-state index < -0.39 is 0 Å². The fourth-order valence-corrected chi connectivity index (χ4v) is 3.40. The van der Waals surface area contributed by atoms with Gasteiger partial charge in [0, 0.05) is 10.5 Å². The molecule has 2 rings (SSSR count). The van der Waals surface area contributed by atoms with Crippen LogP contribution in [0.4, 0.5) is 0 Å². The first-order valence-electron chi connectivity index (χ1n) is 6.63. The minimum absolute atomic E-state index is 0.106. The van der Waals surface area contributed by atoms with Gasteiger partial charge in [-0.2, -0.15) is 0 Å². The van der Waals surface area contributed by atoms with Crippen LogP contribution in [0.2, 0.25) is 0 Å². The molecule has 0 heterocycles. The summed E-state index contributed by atoms with van der Waals surface area (Å²) in [6.45, 7) is 7.29. The Morgan fingerprint density at radius 2 is 2.17 bits per heavy atom. The highest BCUT2D eigenvalue weighted by atomic mass is 79.9. The van der Waals surface area contributed by atoms with Crippen LogP contribution < -0.4 is 10.5 Å². The van der Waals surface area contributed by atoms with Crippen molar-refractivity contribution in [3.8, 4) is 5.75 Å². The third-order valence-corrected chi connectivity index (χ3v) is 4.45. The first kappa shape index (κ1) is 13.9. The van der Waals surface area contributed by atoms with Crippen LogP contribution in [-0.2, 0) is 6.42 Å². The minimum atomic E-state index is 0.106. The van der Waals surface area contributed by atoms with Gasteiger partial charge in [0.25, 0.3) is 0 Å². The monoisotopic (exact) mass is 311 g/mol. The Bertz CT molecular complexity index is 442. The Balaban J connectivity index is 2.42. The summed E-state index contributed by atoms with van der Waals surface area (Å²) in [5, 5.41) is 0. The average molecular weight is 312 g/mol. The molecule has 1 aromatic carbocycles. The smallest absolute Gasteiger partial charge is 0.120 e. The predicted molar refractivity (Wildman–Crippen MR) is 79.0 cm³/mol. The number of ether oxygens (including phenoxy) is 1. The number of fused-ring (bicyclic) bond motifs is 1. The van der Waals surface area contributed by atoms with E-state index in [0.717, 1.165) is 23.1 Å². The molecule has 0 fully saturated rings. The van der Waals surface area contributed by atoms with Crippen molar-refractivity contribution >= 4 is 15.9 Å². The Hall–Kier alpha value is -0.540. The maximum absolute atomic E-state index is 6.38. The number of halogens is 1. The van der Waals surface area contributed by atoms with Crippen LogP contribution in [0.5, 0.6) is 5.75 Å². The largest absolute Gasteiger partial charge is 0.494 e. The standard InChI is InChI=1S/C15H22BrNO/c1-4-18-10-7-12-11(13(16)8-10)5-6-15(2,3)9-14(12)17/h7-8,14H,4-6,9,17H2,1-3H3. The van der Waals surface area contributed by atoms with Crippen molar-refractivity contribution < 1.29 is 4.74 Å². The molecule has 0 saturated carbocycles. The fraction of sp³-hybridized carbons (Fsp3) is 0.600. The summed E-state index contributed by atoms with van der Waals surface area (Å²) in [5.74, 6) is 0.915. The highest BCUT2D eigenvalue weighted by Gasteiger charge is 2.28. The Morgan fingerprint density at radius 3 is 2.83 bits per heavy atom. The Morgan fingerprint density at radius 1 is 1.44 bits per heavy atom. The van der Waals surface area contributed by atoms with Crippen LogP contribution in [0.1, 0.15) is 50.8 Å². The van der Waals surface area contributed by atoms with Gasteiger partial charge in [-0.05, 0) is 54.9 Å². The van der Waals surface area contributed by atoms with E-state index in [4.69, 9.17) is 10.5 Å². The van der Waals surface area contributed by atoms with E-state index in [0.29, 0.717) is 12.0 Å². The van der Waals surface area contributed by atoms with E-state index in [2.05, 4.69) is 41.9 Å². The van der Waals surface area contributed by atoms with Crippen molar-refractivity contribution in [1.29, 1.82) is 0 Å². The van der Waals surface area contributed by atoms with Gasteiger partial charge in [-0.15, -0.1) is 0 Å². The molecule has 1 aliphatic carbocycles. The summed E-state index contributed by atoms with van der Waals surface area (Å²) in [4.78, 5) is 0. The van der Waals surface area contributed by atoms with E-state index in [1.165, 1.54) is 17.5 Å². The van der Waals surface area contributed by atoms with Crippen molar-refractivity contribution in [2.45, 2.75) is 46.1 Å². The van der Waals surface area contributed by atoms with Crippen LogP contribution in [0.3, 0.4) is 0 Å².